The number of hydrogen-bond donors (Lipinski definition) is 4. The normalized spacial score (nSPS) is 12.8. The third-order valence-electron chi connectivity index (χ3n) is 4.05. The highest BCUT2D eigenvalue weighted by atomic mass is 32.1. The van der Waals surface area contributed by atoms with Gasteiger partial charge in [0.1, 0.15) is 12.7 Å². The Bertz CT molecular complexity index is 821. The molecule has 2 aromatic rings. The molecule has 0 aliphatic carbocycles. The van der Waals surface area contributed by atoms with Crippen molar-refractivity contribution >= 4 is 29.2 Å². The molecule has 0 aliphatic rings. The van der Waals surface area contributed by atoms with Crippen LogP contribution in [0, 0.1) is 0 Å². The van der Waals surface area contributed by atoms with Crippen molar-refractivity contribution < 1.29 is 34.4 Å². The predicted octanol–water partition coefficient (Wildman–Crippen LogP) is 2.51. The molecule has 9 heteroatoms. The molecular formula is C20H23NO7S. The Morgan fingerprint density at radius 2 is 1.76 bits per heavy atom. The zero-order chi connectivity index (χ0) is 21.2. The smallest absolute Gasteiger partial charge is 0.407 e. The number of nitrogens with one attached hydrogen (secondary N) is 1. The summed E-state index contributed by atoms with van der Waals surface area (Å²) in [6.45, 7) is 0.230. The summed E-state index contributed by atoms with van der Waals surface area (Å²) in [5.74, 6) is -1.38. The van der Waals surface area contributed by atoms with E-state index < -0.39 is 24.3 Å². The summed E-state index contributed by atoms with van der Waals surface area (Å²) in [5, 5.41) is 31.5. The average molecular weight is 421 g/mol. The molecule has 156 valence electrons. The lowest BCUT2D eigenvalue weighted by Gasteiger charge is -2.16. The number of Topliss-reactive ketones (excluding diaryl/α,β-unsaturated/α-hetero) is 1. The van der Waals surface area contributed by atoms with Gasteiger partial charge in [-0.15, -0.1) is 11.3 Å². The number of aliphatic carboxylic acids is 1. The second-order valence-electron chi connectivity index (χ2n) is 6.31. The van der Waals surface area contributed by atoms with E-state index in [0.717, 1.165) is 16.9 Å². The molecule has 8 nitrogen and oxygen atoms in total. The molecule has 0 fully saturated rings. The number of alkyl carbamates (subject to hydrolysis) is 1. The lowest BCUT2D eigenvalue weighted by molar-refractivity contribution is -0.136. The fraction of sp³-hybridized carbons (Fsp3) is 0.350. The van der Waals surface area contributed by atoms with Crippen molar-refractivity contribution in [1.29, 1.82) is 0 Å². The molecule has 1 amide bonds. The molecule has 0 aliphatic heterocycles. The van der Waals surface area contributed by atoms with Crippen molar-refractivity contribution in [1.82, 2.24) is 5.32 Å². The largest absolute Gasteiger partial charge is 0.481 e. The number of carbonyl (C=O) groups excluding carboxylic acids is 2. The van der Waals surface area contributed by atoms with Gasteiger partial charge in [0.15, 0.2) is 5.78 Å². The first-order valence-corrected chi connectivity index (χ1v) is 9.84. The Labute approximate surface area is 171 Å². The molecule has 1 heterocycles. The number of ether oxygens (including phenoxy) is 1. The van der Waals surface area contributed by atoms with Crippen LogP contribution in [0.5, 0.6) is 0 Å². The molecule has 1 aromatic heterocycles. The number of benzene rings is 1. The highest BCUT2D eigenvalue weighted by Crippen LogP contribution is 2.27. The number of aliphatic hydroxyl groups is 2. The van der Waals surface area contributed by atoms with E-state index in [4.69, 9.17) is 9.84 Å². The van der Waals surface area contributed by atoms with Gasteiger partial charge in [0.25, 0.3) is 0 Å². The van der Waals surface area contributed by atoms with Gasteiger partial charge in [0.2, 0.25) is 0 Å². The summed E-state index contributed by atoms with van der Waals surface area (Å²) in [5.41, 5.74) is 0.851. The van der Waals surface area contributed by atoms with E-state index in [9.17, 15) is 24.6 Å². The standard InChI is InChI=1S/C20H23NO7S/c22-14(6-9-18(24)25)16-7-8-17(29-16)19(26)15(23)10-11-21-20(27)28-12-13-4-2-1-3-5-13/h1-5,7-8,15,19,23,26H,6,9-12H2,(H,21,27)(H,24,25). The minimum absolute atomic E-state index is 0.0851. The van der Waals surface area contributed by atoms with Gasteiger partial charge in [-0.1, -0.05) is 30.3 Å². The summed E-state index contributed by atoms with van der Waals surface area (Å²) in [7, 11) is 0. The Hall–Kier alpha value is -2.75. The van der Waals surface area contributed by atoms with Crippen LogP contribution in [0.4, 0.5) is 4.79 Å². The fourth-order valence-electron chi connectivity index (χ4n) is 2.45. The molecule has 0 saturated heterocycles. The van der Waals surface area contributed by atoms with Gasteiger partial charge < -0.3 is 25.4 Å². The molecule has 2 unspecified atom stereocenters. The maximum absolute atomic E-state index is 11.9. The van der Waals surface area contributed by atoms with Gasteiger partial charge in [-0.05, 0) is 24.1 Å². The van der Waals surface area contributed by atoms with Crippen LogP contribution in [0.25, 0.3) is 0 Å². The monoisotopic (exact) mass is 421 g/mol. The molecule has 2 atom stereocenters. The van der Waals surface area contributed by atoms with E-state index in [1.54, 1.807) is 0 Å². The minimum Gasteiger partial charge on any atom is -0.481 e. The van der Waals surface area contributed by atoms with Gasteiger partial charge in [0.05, 0.1) is 17.4 Å². The summed E-state index contributed by atoms with van der Waals surface area (Å²) < 4.78 is 5.05. The topological polar surface area (TPSA) is 133 Å². The van der Waals surface area contributed by atoms with Crippen molar-refractivity contribution in [3.8, 4) is 0 Å². The number of carbonyl (C=O) groups is 3. The van der Waals surface area contributed by atoms with Crippen molar-refractivity contribution in [2.45, 2.75) is 38.1 Å². The van der Waals surface area contributed by atoms with Gasteiger partial charge >= 0.3 is 12.1 Å². The van der Waals surface area contributed by atoms with E-state index >= 15 is 0 Å². The molecule has 0 saturated carbocycles. The summed E-state index contributed by atoms with van der Waals surface area (Å²) in [4.78, 5) is 34.8. The Kier molecular flexibility index (Phi) is 8.78. The molecule has 0 bridgehead atoms. The Morgan fingerprint density at radius 3 is 2.45 bits per heavy atom. The minimum atomic E-state index is -1.22. The van der Waals surface area contributed by atoms with Crippen LogP contribution in [-0.2, 0) is 16.1 Å². The van der Waals surface area contributed by atoms with E-state index in [0.29, 0.717) is 9.75 Å². The lowest BCUT2D eigenvalue weighted by atomic mass is 10.1. The number of carboxylic acids is 1. The van der Waals surface area contributed by atoms with Gasteiger partial charge in [-0.2, -0.15) is 0 Å². The third-order valence-corrected chi connectivity index (χ3v) is 5.24. The van der Waals surface area contributed by atoms with Crippen LogP contribution in [0.15, 0.2) is 42.5 Å². The van der Waals surface area contributed by atoms with Crippen LogP contribution in [-0.4, -0.2) is 45.8 Å². The van der Waals surface area contributed by atoms with E-state index in [1.165, 1.54) is 12.1 Å². The van der Waals surface area contributed by atoms with Crippen molar-refractivity contribution in [2.24, 2.45) is 0 Å². The first kappa shape index (κ1) is 22.5. The highest BCUT2D eigenvalue weighted by molar-refractivity contribution is 7.14. The quantitative estimate of drug-likeness (QED) is 0.410. The zero-order valence-electron chi connectivity index (χ0n) is 15.6. The van der Waals surface area contributed by atoms with E-state index in [2.05, 4.69) is 5.32 Å². The molecule has 0 radical (unpaired) electrons. The number of aliphatic hydroxyl groups excluding tert-OH is 2. The zero-order valence-corrected chi connectivity index (χ0v) is 16.4. The molecule has 0 spiro atoms. The number of hydrogen-bond acceptors (Lipinski definition) is 7. The molecule has 1 aromatic carbocycles. The number of amides is 1. The SMILES string of the molecule is O=C(O)CCC(=O)c1ccc(C(O)C(O)CCNC(=O)OCc2ccccc2)s1. The molecule has 29 heavy (non-hydrogen) atoms. The number of rotatable bonds is 11. The van der Waals surface area contributed by atoms with Crippen molar-refractivity contribution in [3.05, 3.63) is 57.8 Å². The Morgan fingerprint density at radius 1 is 1.03 bits per heavy atom. The van der Waals surface area contributed by atoms with Crippen LogP contribution >= 0.6 is 11.3 Å². The molecule has 4 N–H and O–H groups in total. The molecular weight excluding hydrogens is 398 g/mol. The van der Waals surface area contributed by atoms with Crippen molar-refractivity contribution in [3.63, 3.8) is 0 Å². The second kappa shape index (κ2) is 11.3. The van der Waals surface area contributed by atoms with Crippen LogP contribution < -0.4 is 5.32 Å². The Balaban J connectivity index is 1.73. The van der Waals surface area contributed by atoms with Gasteiger partial charge in [-0.3, -0.25) is 9.59 Å². The first-order valence-electron chi connectivity index (χ1n) is 9.02. The van der Waals surface area contributed by atoms with E-state index in [-0.39, 0.29) is 38.2 Å². The second-order valence-corrected chi connectivity index (χ2v) is 7.42. The summed E-state index contributed by atoms with van der Waals surface area (Å²) in [6, 6.07) is 12.2. The van der Waals surface area contributed by atoms with Crippen molar-refractivity contribution in [2.75, 3.05) is 6.54 Å². The average Bonchev–Trinajstić information content (AvgIpc) is 3.20. The summed E-state index contributed by atoms with van der Waals surface area (Å²) >= 11 is 1.01. The van der Waals surface area contributed by atoms with Crippen LogP contribution in [0.1, 0.15) is 45.5 Å². The maximum atomic E-state index is 11.9. The fourth-order valence-corrected chi connectivity index (χ4v) is 3.47. The van der Waals surface area contributed by atoms with E-state index in [1.807, 2.05) is 30.3 Å². The predicted molar refractivity (Wildman–Crippen MR) is 106 cm³/mol. The first-order chi connectivity index (χ1) is 13.9. The molecule has 2 rings (SSSR count). The van der Waals surface area contributed by atoms with Crippen LogP contribution in [0.3, 0.4) is 0 Å². The number of carboxylic acid groups (broad SMARTS) is 1. The summed E-state index contributed by atoms with van der Waals surface area (Å²) in [6.07, 6.45) is -3.29. The third kappa shape index (κ3) is 7.65. The number of thiophene rings is 1. The number of ketones is 1. The highest BCUT2D eigenvalue weighted by Gasteiger charge is 2.22. The van der Waals surface area contributed by atoms with Gasteiger partial charge in [0, 0.05) is 17.8 Å². The van der Waals surface area contributed by atoms with Crippen LogP contribution in [0.2, 0.25) is 0 Å². The van der Waals surface area contributed by atoms with Gasteiger partial charge in [-0.25, -0.2) is 4.79 Å². The maximum Gasteiger partial charge on any atom is 0.407 e. The lowest BCUT2D eigenvalue weighted by Crippen LogP contribution is -2.29.